The van der Waals surface area contributed by atoms with Crippen LogP contribution in [-0.2, 0) is 6.54 Å². The molecule has 3 aromatic heterocycles. The molecular formula is C22H23ClN4O2S. The largest absolute Gasteiger partial charge is 0.468 e. The van der Waals surface area contributed by atoms with Crippen LogP contribution in [0.5, 0.6) is 0 Å². The molecule has 0 fully saturated rings. The van der Waals surface area contributed by atoms with Gasteiger partial charge in [-0.05, 0) is 50.8 Å². The number of furan rings is 1. The number of benzene rings is 1. The van der Waals surface area contributed by atoms with E-state index < -0.39 is 0 Å². The Bertz CT molecular complexity index is 1160. The van der Waals surface area contributed by atoms with E-state index in [0.717, 1.165) is 27.2 Å². The second-order valence-corrected chi connectivity index (χ2v) is 8.81. The van der Waals surface area contributed by atoms with Crippen molar-refractivity contribution < 1.29 is 9.21 Å². The number of hydrogen-bond donors (Lipinski definition) is 1. The Balaban J connectivity index is 1.53. The molecule has 0 aliphatic heterocycles. The average molecular weight is 443 g/mol. The van der Waals surface area contributed by atoms with Gasteiger partial charge in [-0.15, -0.1) is 11.3 Å². The van der Waals surface area contributed by atoms with E-state index in [4.69, 9.17) is 16.0 Å². The summed E-state index contributed by atoms with van der Waals surface area (Å²) in [5, 5.41) is 9.37. The summed E-state index contributed by atoms with van der Waals surface area (Å²) < 4.78 is 7.43. The number of halogens is 1. The smallest absolute Gasteiger partial charge is 0.261 e. The summed E-state index contributed by atoms with van der Waals surface area (Å²) in [4.78, 5) is 16.5. The summed E-state index contributed by atoms with van der Waals surface area (Å²) in [6, 6.07) is 13.4. The number of rotatable bonds is 7. The number of aryl methyl sites for hydroxylation is 1. The van der Waals surface area contributed by atoms with Gasteiger partial charge in [-0.1, -0.05) is 29.8 Å². The van der Waals surface area contributed by atoms with Gasteiger partial charge >= 0.3 is 0 Å². The molecule has 0 aliphatic carbocycles. The lowest BCUT2D eigenvalue weighted by atomic mass is 10.2. The number of hydrogen-bond acceptors (Lipinski definition) is 5. The molecule has 8 heteroatoms. The molecule has 1 amide bonds. The molecule has 0 saturated heterocycles. The van der Waals surface area contributed by atoms with Crippen molar-refractivity contribution in [3.63, 3.8) is 0 Å². The molecule has 4 aromatic rings. The normalized spacial score (nSPS) is 12.6. The molecule has 4 rings (SSSR count). The third-order valence-corrected chi connectivity index (χ3v) is 6.58. The molecule has 0 unspecified atom stereocenters. The van der Waals surface area contributed by atoms with E-state index in [0.29, 0.717) is 23.0 Å². The molecule has 1 aromatic carbocycles. The summed E-state index contributed by atoms with van der Waals surface area (Å²) in [6.07, 6.45) is 1.65. The average Bonchev–Trinajstić information content (AvgIpc) is 3.43. The Labute approximate surface area is 184 Å². The summed E-state index contributed by atoms with van der Waals surface area (Å²) in [7, 11) is 3.93. The van der Waals surface area contributed by atoms with Gasteiger partial charge in [-0.2, -0.15) is 5.10 Å². The van der Waals surface area contributed by atoms with E-state index in [1.807, 2.05) is 73.1 Å². The highest BCUT2D eigenvalue weighted by Crippen LogP contribution is 2.30. The first kappa shape index (κ1) is 20.7. The maximum absolute atomic E-state index is 12.8. The van der Waals surface area contributed by atoms with E-state index in [9.17, 15) is 4.79 Å². The quantitative estimate of drug-likeness (QED) is 0.449. The number of likely N-dealkylation sites (N-methyl/N-ethyl adjacent to an activating group) is 1. The lowest BCUT2D eigenvalue weighted by Gasteiger charge is -2.22. The fourth-order valence-electron chi connectivity index (χ4n) is 3.41. The van der Waals surface area contributed by atoms with Crippen LogP contribution in [0.1, 0.15) is 32.7 Å². The number of aromatic nitrogens is 2. The zero-order valence-electron chi connectivity index (χ0n) is 17.1. The molecule has 6 nitrogen and oxygen atoms in total. The lowest BCUT2D eigenvalue weighted by Crippen LogP contribution is -2.34. The molecule has 0 radical (unpaired) electrons. The maximum atomic E-state index is 12.8. The van der Waals surface area contributed by atoms with Gasteiger partial charge in [-0.25, -0.2) is 0 Å². The van der Waals surface area contributed by atoms with Crippen LogP contribution in [0.15, 0.2) is 53.1 Å². The van der Waals surface area contributed by atoms with Crippen LogP contribution in [-0.4, -0.2) is 41.2 Å². The Morgan fingerprint density at radius 1 is 1.30 bits per heavy atom. The number of fused-ring (bicyclic) bond motifs is 1. The van der Waals surface area contributed by atoms with Gasteiger partial charge in [-0.3, -0.25) is 14.4 Å². The molecule has 1 atom stereocenters. The fourth-order valence-corrected chi connectivity index (χ4v) is 4.69. The van der Waals surface area contributed by atoms with Gasteiger partial charge in [0.2, 0.25) is 0 Å². The molecule has 1 N–H and O–H groups in total. The Hall–Kier alpha value is -2.61. The number of nitrogens with one attached hydrogen (secondary N) is 1. The van der Waals surface area contributed by atoms with Crippen LogP contribution in [0.25, 0.3) is 10.2 Å². The van der Waals surface area contributed by atoms with Crippen LogP contribution in [0.3, 0.4) is 0 Å². The van der Waals surface area contributed by atoms with Crippen LogP contribution in [0, 0.1) is 6.92 Å². The molecule has 3 heterocycles. The van der Waals surface area contributed by atoms with Gasteiger partial charge in [0.25, 0.3) is 5.91 Å². The topological polar surface area (TPSA) is 63.3 Å². The number of thiophene rings is 1. The number of carbonyl (C=O) groups excluding carboxylic acids is 1. The van der Waals surface area contributed by atoms with Gasteiger partial charge in [0.15, 0.2) is 0 Å². The fraction of sp³-hybridized carbons (Fsp3) is 0.273. The predicted octanol–water partition coefficient (Wildman–Crippen LogP) is 4.73. The van der Waals surface area contributed by atoms with Gasteiger partial charge in [0.05, 0.1) is 29.4 Å². The summed E-state index contributed by atoms with van der Waals surface area (Å²) in [6.45, 7) is 2.98. The van der Waals surface area contributed by atoms with E-state index in [-0.39, 0.29) is 11.9 Å². The number of amides is 1. The summed E-state index contributed by atoms with van der Waals surface area (Å²) in [5.41, 5.74) is 1.89. The van der Waals surface area contributed by atoms with Crippen molar-refractivity contribution in [1.29, 1.82) is 0 Å². The monoisotopic (exact) mass is 442 g/mol. The third-order valence-electron chi connectivity index (χ3n) is 5.06. The number of carbonyl (C=O) groups is 1. The van der Waals surface area contributed by atoms with Crippen molar-refractivity contribution in [2.45, 2.75) is 19.5 Å². The minimum Gasteiger partial charge on any atom is -0.468 e. The lowest BCUT2D eigenvalue weighted by molar-refractivity contribution is 0.0943. The molecule has 0 spiro atoms. The highest BCUT2D eigenvalue weighted by atomic mass is 35.5. The predicted molar refractivity (Wildman–Crippen MR) is 120 cm³/mol. The summed E-state index contributed by atoms with van der Waals surface area (Å²) in [5.74, 6) is 0.723. The van der Waals surface area contributed by atoms with Crippen molar-refractivity contribution in [2.75, 3.05) is 20.6 Å². The Morgan fingerprint density at radius 2 is 2.10 bits per heavy atom. The first-order valence-electron chi connectivity index (χ1n) is 9.62. The van der Waals surface area contributed by atoms with Gasteiger partial charge < -0.3 is 9.73 Å². The SMILES string of the molecule is Cc1nn(Cc2ccccc2Cl)c2sc(C(=O)NC[C@@H](c3ccco3)N(C)C)cc12. The van der Waals surface area contributed by atoms with Gasteiger partial charge in [0.1, 0.15) is 10.6 Å². The highest BCUT2D eigenvalue weighted by Gasteiger charge is 2.21. The Morgan fingerprint density at radius 3 is 2.80 bits per heavy atom. The first-order chi connectivity index (χ1) is 14.4. The van der Waals surface area contributed by atoms with Crippen LogP contribution in [0.4, 0.5) is 0 Å². The standard InChI is InChI=1S/C22H23ClN4O2S/c1-14-16-11-20(21(28)24-12-18(26(2)3)19-9-6-10-29-19)30-22(16)27(25-14)13-15-7-4-5-8-17(15)23/h4-11,18H,12-13H2,1-3H3,(H,24,28)/t18-/m0/s1. The van der Waals surface area contributed by atoms with Crippen LogP contribution < -0.4 is 5.32 Å². The Kier molecular flexibility index (Phi) is 5.94. The third kappa shape index (κ3) is 4.14. The van der Waals surface area contributed by atoms with Crippen LogP contribution >= 0.6 is 22.9 Å². The first-order valence-corrected chi connectivity index (χ1v) is 10.8. The van der Waals surface area contributed by atoms with E-state index >= 15 is 0 Å². The number of nitrogens with zero attached hydrogens (tertiary/aromatic N) is 3. The molecular weight excluding hydrogens is 420 g/mol. The van der Waals surface area contributed by atoms with E-state index in [1.165, 1.54) is 11.3 Å². The zero-order valence-corrected chi connectivity index (χ0v) is 18.6. The van der Waals surface area contributed by atoms with Crippen molar-refractivity contribution in [3.05, 3.63) is 75.6 Å². The maximum Gasteiger partial charge on any atom is 0.261 e. The minimum absolute atomic E-state index is 0.0317. The van der Waals surface area contributed by atoms with Crippen molar-refractivity contribution in [3.8, 4) is 0 Å². The highest BCUT2D eigenvalue weighted by molar-refractivity contribution is 7.20. The second-order valence-electron chi connectivity index (χ2n) is 7.37. The van der Waals surface area contributed by atoms with Crippen LogP contribution in [0.2, 0.25) is 5.02 Å². The molecule has 0 saturated carbocycles. The molecule has 0 aliphatic rings. The van der Waals surface area contributed by atoms with Gasteiger partial charge in [0, 0.05) is 17.0 Å². The van der Waals surface area contributed by atoms with E-state index in [1.54, 1.807) is 6.26 Å². The zero-order chi connectivity index (χ0) is 21.3. The van der Waals surface area contributed by atoms with Crippen molar-refractivity contribution in [1.82, 2.24) is 20.0 Å². The van der Waals surface area contributed by atoms with Crippen molar-refractivity contribution in [2.24, 2.45) is 0 Å². The van der Waals surface area contributed by atoms with E-state index in [2.05, 4.69) is 10.4 Å². The summed E-state index contributed by atoms with van der Waals surface area (Å²) >= 11 is 7.76. The second kappa shape index (κ2) is 8.63. The molecule has 0 bridgehead atoms. The molecule has 156 valence electrons. The minimum atomic E-state index is -0.0988. The molecule has 30 heavy (non-hydrogen) atoms. The van der Waals surface area contributed by atoms with Crippen molar-refractivity contribution >= 4 is 39.1 Å².